The Morgan fingerprint density at radius 1 is 1.32 bits per heavy atom. The van der Waals surface area contributed by atoms with E-state index >= 15 is 0 Å². The number of hydrogen-bond donors (Lipinski definition) is 2. The molecule has 2 N–H and O–H groups in total. The van der Waals surface area contributed by atoms with Crippen LogP contribution in [0.25, 0.3) is 0 Å². The van der Waals surface area contributed by atoms with Crippen molar-refractivity contribution in [3.05, 3.63) is 41.0 Å². The molecule has 118 valence electrons. The maximum Gasteiger partial charge on any atom is 0.291 e. The van der Waals surface area contributed by atoms with Gasteiger partial charge in [-0.25, -0.2) is 0 Å². The van der Waals surface area contributed by atoms with Gasteiger partial charge in [0.2, 0.25) is 0 Å². The molecule has 0 radical (unpaired) electrons. The van der Waals surface area contributed by atoms with E-state index < -0.39 is 0 Å². The molecule has 7 heteroatoms. The molecule has 1 aromatic rings. The van der Waals surface area contributed by atoms with Crippen molar-refractivity contribution in [3.8, 4) is 0 Å². The van der Waals surface area contributed by atoms with E-state index in [1.54, 1.807) is 36.8 Å². The zero-order chi connectivity index (χ0) is 15.8. The Balaban J connectivity index is 2.06. The van der Waals surface area contributed by atoms with Crippen molar-refractivity contribution >= 4 is 29.3 Å². The second-order valence-electron chi connectivity index (χ2n) is 4.45. The normalized spacial score (nSPS) is 13.8. The Hall–Kier alpha value is -1.99. The highest BCUT2D eigenvalue weighted by molar-refractivity contribution is 8.02. The third-order valence-corrected chi connectivity index (χ3v) is 3.67. The molecule has 0 spiro atoms. The standard InChI is InChI=1S/C15H18N2O4S/c1-20-7-6-16-14(18)11-4-2-3-5-12(11)17-15(19)13-10-22-9-8-21-13/h2-5,10H,6-9H2,1H3,(H,16,18)(H,17,19). The van der Waals surface area contributed by atoms with Crippen molar-refractivity contribution < 1.29 is 19.1 Å². The lowest BCUT2D eigenvalue weighted by atomic mass is 10.1. The van der Waals surface area contributed by atoms with Crippen molar-refractivity contribution in [2.75, 3.05) is 37.9 Å². The Morgan fingerprint density at radius 2 is 2.14 bits per heavy atom. The first-order valence-electron chi connectivity index (χ1n) is 6.84. The summed E-state index contributed by atoms with van der Waals surface area (Å²) < 4.78 is 10.2. The molecule has 1 aliphatic rings. The van der Waals surface area contributed by atoms with Crippen molar-refractivity contribution in [2.24, 2.45) is 0 Å². The first-order chi connectivity index (χ1) is 10.7. The number of benzene rings is 1. The minimum absolute atomic E-state index is 0.263. The number of methoxy groups -OCH3 is 1. The van der Waals surface area contributed by atoms with Crippen LogP contribution in [0.4, 0.5) is 5.69 Å². The molecule has 0 aromatic heterocycles. The smallest absolute Gasteiger partial charge is 0.291 e. The Labute approximate surface area is 133 Å². The number of para-hydroxylation sites is 1. The first kappa shape index (κ1) is 16.4. The fourth-order valence-electron chi connectivity index (χ4n) is 1.82. The van der Waals surface area contributed by atoms with E-state index in [0.717, 1.165) is 5.75 Å². The molecule has 0 saturated carbocycles. The largest absolute Gasteiger partial charge is 0.487 e. The molecule has 0 aliphatic carbocycles. The van der Waals surface area contributed by atoms with Gasteiger partial charge in [-0.1, -0.05) is 12.1 Å². The van der Waals surface area contributed by atoms with Gasteiger partial charge in [0.25, 0.3) is 11.8 Å². The van der Waals surface area contributed by atoms with Crippen LogP contribution in [0.3, 0.4) is 0 Å². The van der Waals surface area contributed by atoms with Gasteiger partial charge < -0.3 is 20.1 Å². The summed E-state index contributed by atoms with van der Waals surface area (Å²) in [4.78, 5) is 24.3. The molecule has 0 unspecified atom stereocenters. The summed E-state index contributed by atoms with van der Waals surface area (Å²) in [5, 5.41) is 7.12. The van der Waals surface area contributed by atoms with Crippen LogP contribution in [-0.4, -0.2) is 44.4 Å². The van der Waals surface area contributed by atoms with Crippen molar-refractivity contribution in [2.45, 2.75) is 0 Å². The van der Waals surface area contributed by atoms with Crippen molar-refractivity contribution in [3.63, 3.8) is 0 Å². The summed E-state index contributed by atoms with van der Waals surface area (Å²) in [6.07, 6.45) is 0. The lowest BCUT2D eigenvalue weighted by Crippen LogP contribution is -2.28. The third kappa shape index (κ3) is 4.51. The molecule has 0 fully saturated rings. The lowest BCUT2D eigenvalue weighted by molar-refractivity contribution is -0.116. The highest BCUT2D eigenvalue weighted by Crippen LogP contribution is 2.19. The number of amides is 2. The quantitative estimate of drug-likeness (QED) is 0.778. The van der Waals surface area contributed by atoms with Crippen LogP contribution in [0.1, 0.15) is 10.4 Å². The summed E-state index contributed by atoms with van der Waals surface area (Å²) in [5.41, 5.74) is 0.846. The van der Waals surface area contributed by atoms with Gasteiger partial charge in [-0.15, -0.1) is 11.8 Å². The van der Waals surface area contributed by atoms with Crippen LogP contribution in [-0.2, 0) is 14.3 Å². The molecule has 22 heavy (non-hydrogen) atoms. The topological polar surface area (TPSA) is 76.7 Å². The van der Waals surface area contributed by atoms with Gasteiger partial charge >= 0.3 is 0 Å². The summed E-state index contributed by atoms with van der Waals surface area (Å²) in [6, 6.07) is 6.84. The number of rotatable bonds is 6. The van der Waals surface area contributed by atoms with Crippen molar-refractivity contribution in [1.29, 1.82) is 0 Å². The average Bonchev–Trinajstić information content (AvgIpc) is 2.56. The second-order valence-corrected chi connectivity index (χ2v) is 5.43. The van der Waals surface area contributed by atoms with Crippen LogP contribution >= 0.6 is 11.8 Å². The molecule has 1 heterocycles. The average molecular weight is 322 g/mol. The van der Waals surface area contributed by atoms with Crippen LogP contribution < -0.4 is 10.6 Å². The van der Waals surface area contributed by atoms with Gasteiger partial charge in [0.1, 0.15) is 0 Å². The monoisotopic (exact) mass is 322 g/mol. The van der Waals surface area contributed by atoms with E-state index in [-0.39, 0.29) is 17.6 Å². The molecule has 2 amide bonds. The van der Waals surface area contributed by atoms with E-state index in [2.05, 4.69) is 10.6 Å². The van der Waals surface area contributed by atoms with Gasteiger partial charge in [0.15, 0.2) is 5.76 Å². The van der Waals surface area contributed by atoms with Crippen LogP contribution in [0.15, 0.2) is 35.4 Å². The fraction of sp³-hybridized carbons (Fsp3) is 0.333. The number of ether oxygens (including phenoxy) is 2. The Kier molecular flexibility index (Phi) is 6.29. The Morgan fingerprint density at radius 3 is 2.86 bits per heavy atom. The fourth-order valence-corrected chi connectivity index (χ4v) is 2.45. The molecule has 0 saturated heterocycles. The van der Waals surface area contributed by atoms with E-state index in [1.165, 1.54) is 11.8 Å². The van der Waals surface area contributed by atoms with Gasteiger partial charge in [-0.2, -0.15) is 0 Å². The molecule has 0 bridgehead atoms. The lowest BCUT2D eigenvalue weighted by Gasteiger charge is -2.15. The second kappa shape index (κ2) is 8.45. The Bertz CT molecular complexity index is 574. The number of anilines is 1. The maximum absolute atomic E-state index is 12.1. The van der Waals surface area contributed by atoms with E-state index in [1.807, 2.05) is 0 Å². The van der Waals surface area contributed by atoms with E-state index in [4.69, 9.17) is 9.47 Å². The summed E-state index contributed by atoms with van der Waals surface area (Å²) >= 11 is 1.52. The maximum atomic E-state index is 12.1. The van der Waals surface area contributed by atoms with Crippen LogP contribution in [0, 0.1) is 0 Å². The van der Waals surface area contributed by atoms with Crippen LogP contribution in [0.5, 0.6) is 0 Å². The summed E-state index contributed by atoms with van der Waals surface area (Å²) in [6.45, 7) is 1.34. The number of carbonyl (C=O) groups is 2. The minimum Gasteiger partial charge on any atom is -0.487 e. The molecular formula is C15H18N2O4S. The number of hydrogen-bond acceptors (Lipinski definition) is 5. The van der Waals surface area contributed by atoms with Gasteiger partial charge in [0.05, 0.1) is 24.5 Å². The predicted octanol–water partition coefficient (Wildman–Crippen LogP) is 1.61. The summed E-state index contributed by atoms with van der Waals surface area (Å²) in [7, 11) is 1.57. The third-order valence-electron chi connectivity index (χ3n) is 2.88. The molecule has 1 aromatic carbocycles. The molecular weight excluding hydrogens is 304 g/mol. The minimum atomic E-state index is -0.357. The highest BCUT2D eigenvalue weighted by atomic mass is 32.2. The van der Waals surface area contributed by atoms with Crippen LogP contribution in [0.2, 0.25) is 0 Å². The number of carbonyl (C=O) groups excluding carboxylic acids is 2. The van der Waals surface area contributed by atoms with Gasteiger partial charge in [0, 0.05) is 24.8 Å². The molecule has 2 rings (SSSR count). The predicted molar refractivity (Wildman–Crippen MR) is 85.8 cm³/mol. The molecule has 0 atom stereocenters. The van der Waals surface area contributed by atoms with Gasteiger partial charge in [-0.05, 0) is 12.1 Å². The first-order valence-corrected chi connectivity index (χ1v) is 7.89. The zero-order valence-corrected chi connectivity index (χ0v) is 13.1. The van der Waals surface area contributed by atoms with E-state index in [0.29, 0.717) is 31.0 Å². The van der Waals surface area contributed by atoms with Crippen molar-refractivity contribution in [1.82, 2.24) is 5.32 Å². The highest BCUT2D eigenvalue weighted by Gasteiger charge is 2.17. The van der Waals surface area contributed by atoms with E-state index in [9.17, 15) is 9.59 Å². The molecule has 1 aliphatic heterocycles. The number of thioether (sulfide) groups is 1. The molecule has 6 nitrogen and oxygen atoms in total. The SMILES string of the molecule is COCCNC(=O)c1ccccc1NC(=O)C1=CSCCO1. The number of nitrogens with one attached hydrogen (secondary N) is 2. The zero-order valence-electron chi connectivity index (χ0n) is 12.3. The van der Waals surface area contributed by atoms with Gasteiger partial charge in [-0.3, -0.25) is 9.59 Å². The summed E-state index contributed by atoms with van der Waals surface area (Å²) in [5.74, 6) is 0.478.